The molecule has 2 aromatic rings. The van der Waals surface area contributed by atoms with Gasteiger partial charge in [0.1, 0.15) is 12.3 Å². The van der Waals surface area contributed by atoms with E-state index in [9.17, 15) is 4.79 Å². The first kappa shape index (κ1) is 20.6. The van der Waals surface area contributed by atoms with Crippen LogP contribution in [0.4, 0.5) is 0 Å². The van der Waals surface area contributed by atoms with Crippen LogP contribution in [-0.4, -0.2) is 29.6 Å². The number of hydrogen-bond donors (Lipinski definition) is 1. The van der Waals surface area contributed by atoms with Crippen molar-refractivity contribution >= 4 is 56.8 Å². The van der Waals surface area contributed by atoms with Crippen molar-refractivity contribution in [3.63, 3.8) is 0 Å². The average molecular weight is 482 g/mol. The molecule has 3 rings (SSSR count). The van der Waals surface area contributed by atoms with Crippen molar-refractivity contribution in [2.45, 2.75) is 13.5 Å². The number of carbonyl (C=O) groups excluding carboxylic acids is 1. The van der Waals surface area contributed by atoms with Gasteiger partial charge in [-0.15, -0.1) is 0 Å². The lowest BCUT2D eigenvalue weighted by atomic mass is 10.1. The smallest absolute Gasteiger partial charge is 0.276 e. The summed E-state index contributed by atoms with van der Waals surface area (Å²) in [4.78, 5) is 13.9. The van der Waals surface area contributed by atoms with Crippen LogP contribution in [0.15, 0.2) is 46.6 Å². The third kappa shape index (κ3) is 4.48. The summed E-state index contributed by atoms with van der Waals surface area (Å²) >= 11 is 14.7. The molecule has 1 saturated heterocycles. The number of ether oxygens (including phenoxy) is 2. The van der Waals surface area contributed by atoms with Crippen LogP contribution in [-0.2, 0) is 11.4 Å². The molecule has 0 bridgehead atoms. The quantitative estimate of drug-likeness (QED) is 0.476. The maximum Gasteiger partial charge on any atom is 0.276 e. The molecule has 1 aliphatic heterocycles. The van der Waals surface area contributed by atoms with E-state index in [4.69, 9.17) is 33.3 Å². The van der Waals surface area contributed by atoms with Crippen molar-refractivity contribution in [2.75, 3.05) is 13.7 Å². The molecule has 0 atom stereocenters. The van der Waals surface area contributed by atoms with Gasteiger partial charge in [-0.1, -0.05) is 23.7 Å². The summed E-state index contributed by atoms with van der Waals surface area (Å²) in [5, 5.41) is 4.01. The molecule has 0 unspecified atom stereocenters. The minimum absolute atomic E-state index is 0.149. The van der Waals surface area contributed by atoms with Gasteiger partial charge in [0, 0.05) is 11.6 Å². The Bertz CT molecular complexity index is 964. The second-order valence-corrected chi connectivity index (χ2v) is 7.67. The SMILES string of the molecule is CCN1C(=O)/C(=C/c2cc(Br)c(OCc3cccc(Cl)c3)c(OC)c2)NC1=S. The van der Waals surface area contributed by atoms with E-state index in [2.05, 4.69) is 21.2 Å². The maximum atomic E-state index is 12.4. The monoisotopic (exact) mass is 480 g/mol. The predicted octanol–water partition coefficient (Wildman–Crippen LogP) is 4.77. The summed E-state index contributed by atoms with van der Waals surface area (Å²) in [7, 11) is 1.57. The molecule has 0 radical (unpaired) electrons. The van der Waals surface area contributed by atoms with Gasteiger partial charge in [0.25, 0.3) is 5.91 Å². The zero-order chi connectivity index (χ0) is 20.3. The van der Waals surface area contributed by atoms with Crippen LogP contribution >= 0.6 is 39.7 Å². The number of carbonyl (C=O) groups is 1. The van der Waals surface area contributed by atoms with Gasteiger partial charge >= 0.3 is 0 Å². The maximum absolute atomic E-state index is 12.4. The molecule has 0 aliphatic carbocycles. The lowest BCUT2D eigenvalue weighted by molar-refractivity contribution is -0.122. The van der Waals surface area contributed by atoms with Crippen molar-refractivity contribution in [3.05, 3.63) is 62.7 Å². The van der Waals surface area contributed by atoms with Gasteiger partial charge in [0.15, 0.2) is 16.6 Å². The van der Waals surface area contributed by atoms with Crippen molar-refractivity contribution in [1.82, 2.24) is 10.2 Å². The summed E-state index contributed by atoms with van der Waals surface area (Å²) in [6.07, 6.45) is 1.73. The van der Waals surface area contributed by atoms with Crippen LogP contribution in [0.1, 0.15) is 18.1 Å². The standard InChI is InChI=1S/C20H18BrClN2O3S/c1-3-24-19(25)16(23-20(24)28)9-13-8-15(21)18(17(10-13)26-2)27-11-12-5-4-6-14(22)7-12/h4-10H,3,11H2,1-2H3,(H,23,28)/b16-9-. The van der Waals surface area contributed by atoms with Crippen LogP contribution < -0.4 is 14.8 Å². The van der Waals surface area contributed by atoms with Crippen molar-refractivity contribution in [3.8, 4) is 11.5 Å². The van der Waals surface area contributed by atoms with E-state index >= 15 is 0 Å². The number of methoxy groups -OCH3 is 1. The molecule has 5 nitrogen and oxygen atoms in total. The van der Waals surface area contributed by atoms with Crippen LogP contribution in [0.2, 0.25) is 5.02 Å². The number of nitrogens with zero attached hydrogens (tertiary/aromatic N) is 1. The molecule has 2 aromatic carbocycles. The predicted molar refractivity (Wildman–Crippen MR) is 118 cm³/mol. The van der Waals surface area contributed by atoms with Crippen LogP contribution in [0.3, 0.4) is 0 Å². The lowest BCUT2D eigenvalue weighted by Gasteiger charge is -2.14. The first-order chi connectivity index (χ1) is 13.4. The number of thiocarbonyl (C=S) groups is 1. The summed E-state index contributed by atoms with van der Waals surface area (Å²) in [6, 6.07) is 11.1. The van der Waals surface area contributed by atoms with E-state index in [0.717, 1.165) is 11.1 Å². The molecule has 1 amide bonds. The Hall–Kier alpha value is -2.09. The van der Waals surface area contributed by atoms with Gasteiger partial charge < -0.3 is 14.8 Å². The van der Waals surface area contributed by atoms with E-state index in [-0.39, 0.29) is 5.91 Å². The molecule has 1 N–H and O–H groups in total. The minimum Gasteiger partial charge on any atom is -0.493 e. The molecule has 1 heterocycles. The minimum atomic E-state index is -0.149. The van der Waals surface area contributed by atoms with Gasteiger partial charge in [-0.2, -0.15) is 0 Å². The van der Waals surface area contributed by atoms with E-state index in [1.807, 2.05) is 37.3 Å². The fourth-order valence-electron chi connectivity index (χ4n) is 2.77. The van der Waals surface area contributed by atoms with Crippen LogP contribution in [0, 0.1) is 0 Å². The van der Waals surface area contributed by atoms with E-state index in [1.54, 1.807) is 19.3 Å². The fourth-order valence-corrected chi connectivity index (χ4v) is 3.88. The highest BCUT2D eigenvalue weighted by Crippen LogP contribution is 2.38. The zero-order valence-electron chi connectivity index (χ0n) is 15.3. The number of benzene rings is 2. The Balaban J connectivity index is 1.85. The van der Waals surface area contributed by atoms with E-state index in [0.29, 0.717) is 45.0 Å². The highest BCUT2D eigenvalue weighted by molar-refractivity contribution is 9.10. The van der Waals surface area contributed by atoms with Gasteiger partial charge in [-0.25, -0.2) is 0 Å². The molecule has 0 aromatic heterocycles. The molecular formula is C20H18BrClN2O3S. The Labute approximate surface area is 182 Å². The molecule has 1 aliphatic rings. The molecule has 146 valence electrons. The zero-order valence-corrected chi connectivity index (χ0v) is 18.5. The first-order valence-electron chi connectivity index (χ1n) is 8.52. The van der Waals surface area contributed by atoms with Gasteiger partial charge in [0.2, 0.25) is 0 Å². The van der Waals surface area contributed by atoms with Crippen molar-refractivity contribution in [2.24, 2.45) is 0 Å². The third-order valence-electron chi connectivity index (χ3n) is 4.11. The summed E-state index contributed by atoms with van der Waals surface area (Å²) in [5.74, 6) is 0.966. The number of amides is 1. The third-order valence-corrected chi connectivity index (χ3v) is 5.26. The second-order valence-electron chi connectivity index (χ2n) is 5.99. The summed E-state index contributed by atoms with van der Waals surface area (Å²) in [6.45, 7) is 2.74. The first-order valence-corrected chi connectivity index (χ1v) is 10.1. The van der Waals surface area contributed by atoms with Crippen molar-refractivity contribution in [1.29, 1.82) is 0 Å². The van der Waals surface area contributed by atoms with E-state index < -0.39 is 0 Å². The Morgan fingerprint density at radius 1 is 1.32 bits per heavy atom. The molecule has 0 spiro atoms. The number of likely N-dealkylation sites (N-methyl/N-ethyl adjacent to an activating group) is 1. The number of hydrogen-bond acceptors (Lipinski definition) is 4. The molecule has 1 fully saturated rings. The molecular weight excluding hydrogens is 464 g/mol. The fraction of sp³-hybridized carbons (Fsp3) is 0.200. The summed E-state index contributed by atoms with van der Waals surface area (Å²) in [5.41, 5.74) is 2.14. The van der Waals surface area contributed by atoms with Crippen molar-refractivity contribution < 1.29 is 14.3 Å². The normalized spacial score (nSPS) is 15.1. The lowest BCUT2D eigenvalue weighted by Crippen LogP contribution is -2.30. The highest BCUT2D eigenvalue weighted by Gasteiger charge is 2.29. The van der Waals surface area contributed by atoms with Gasteiger partial charge in [-0.3, -0.25) is 9.69 Å². The van der Waals surface area contributed by atoms with Crippen LogP contribution in [0.25, 0.3) is 6.08 Å². The molecule has 28 heavy (non-hydrogen) atoms. The second kappa shape index (κ2) is 8.94. The van der Waals surface area contributed by atoms with Gasteiger partial charge in [-0.05, 0) is 76.5 Å². The number of nitrogens with one attached hydrogen (secondary N) is 1. The Kier molecular flexibility index (Phi) is 6.59. The highest BCUT2D eigenvalue weighted by atomic mass is 79.9. The summed E-state index contributed by atoms with van der Waals surface area (Å²) < 4.78 is 12.1. The Morgan fingerprint density at radius 2 is 2.11 bits per heavy atom. The van der Waals surface area contributed by atoms with Crippen LogP contribution in [0.5, 0.6) is 11.5 Å². The molecule has 0 saturated carbocycles. The van der Waals surface area contributed by atoms with Gasteiger partial charge in [0.05, 0.1) is 11.6 Å². The Morgan fingerprint density at radius 3 is 2.75 bits per heavy atom. The number of rotatable bonds is 6. The topological polar surface area (TPSA) is 50.8 Å². The number of halogens is 2. The van der Waals surface area contributed by atoms with E-state index in [1.165, 1.54) is 4.90 Å². The molecule has 8 heteroatoms. The largest absolute Gasteiger partial charge is 0.493 e. The average Bonchev–Trinajstić information content (AvgIpc) is 2.93.